The van der Waals surface area contributed by atoms with Gasteiger partial charge in [0.2, 0.25) is 0 Å². The Labute approximate surface area is 129 Å². The van der Waals surface area contributed by atoms with Gasteiger partial charge in [-0.15, -0.1) is 0 Å². The maximum absolute atomic E-state index is 12.0. The fraction of sp³-hybridized carbons (Fsp3) is 0.467. The molecular weight excluding hydrogens is 290 g/mol. The van der Waals surface area contributed by atoms with Gasteiger partial charge in [-0.3, -0.25) is 9.69 Å². The second-order valence-corrected chi connectivity index (χ2v) is 6.18. The van der Waals surface area contributed by atoms with Crippen LogP contribution in [0, 0.1) is 0 Å². The number of hydrogen-bond acceptors (Lipinski definition) is 3. The average Bonchev–Trinajstić information content (AvgIpc) is 2.61. The summed E-state index contributed by atoms with van der Waals surface area (Å²) in [4.78, 5) is 25.0. The van der Waals surface area contributed by atoms with Crippen LogP contribution >= 0.6 is 11.6 Å². The van der Waals surface area contributed by atoms with E-state index >= 15 is 0 Å². The lowest BCUT2D eigenvalue weighted by atomic mass is 10.1. The van der Waals surface area contributed by atoms with Crippen LogP contribution in [-0.4, -0.2) is 35.5 Å². The summed E-state index contributed by atoms with van der Waals surface area (Å²) >= 11 is 5.86. The zero-order valence-corrected chi connectivity index (χ0v) is 13.2. The zero-order valence-electron chi connectivity index (χ0n) is 12.4. The quantitative estimate of drug-likeness (QED) is 0.821. The number of nitrogens with one attached hydrogen (secondary N) is 2. The number of carbonyl (C=O) groups excluding carboxylic acids is 2. The molecule has 3 amide bonds. The van der Waals surface area contributed by atoms with Crippen molar-refractivity contribution in [2.45, 2.75) is 32.4 Å². The molecule has 0 aromatic heterocycles. The van der Waals surface area contributed by atoms with E-state index in [0.29, 0.717) is 18.1 Å². The minimum absolute atomic E-state index is 0.121. The van der Waals surface area contributed by atoms with Gasteiger partial charge in [0.1, 0.15) is 5.54 Å². The summed E-state index contributed by atoms with van der Waals surface area (Å²) in [6, 6.07) is 7.39. The summed E-state index contributed by atoms with van der Waals surface area (Å²) in [6.45, 7) is 6.33. The molecule has 1 aromatic carbocycles. The van der Waals surface area contributed by atoms with Crippen LogP contribution < -0.4 is 10.6 Å². The topological polar surface area (TPSA) is 61.4 Å². The van der Waals surface area contributed by atoms with Gasteiger partial charge in [0.05, 0.1) is 0 Å². The van der Waals surface area contributed by atoms with Crippen LogP contribution in [0.5, 0.6) is 0 Å². The Balaban J connectivity index is 1.86. The third-order valence-electron chi connectivity index (χ3n) is 3.60. The molecule has 1 aliphatic rings. The first-order valence-electron chi connectivity index (χ1n) is 6.94. The van der Waals surface area contributed by atoms with Crippen LogP contribution in [-0.2, 0) is 4.79 Å². The van der Waals surface area contributed by atoms with Crippen molar-refractivity contribution in [3.8, 4) is 0 Å². The Bertz CT molecular complexity index is 542. The van der Waals surface area contributed by atoms with Crippen molar-refractivity contribution in [2.75, 3.05) is 13.1 Å². The second-order valence-electron chi connectivity index (χ2n) is 5.74. The first-order chi connectivity index (χ1) is 9.81. The van der Waals surface area contributed by atoms with E-state index in [0.717, 1.165) is 5.56 Å². The fourth-order valence-corrected chi connectivity index (χ4v) is 2.41. The van der Waals surface area contributed by atoms with Gasteiger partial charge in [-0.2, -0.15) is 0 Å². The standard InChI is InChI=1S/C15H20ClN3O2/c1-10(11-4-6-12(16)7-5-11)17-8-9-19-13(20)15(2,3)18-14(19)21/h4-7,10,17H,8-9H2,1-3H3,(H,18,21). The summed E-state index contributed by atoms with van der Waals surface area (Å²) in [5.41, 5.74) is 0.302. The molecule has 1 heterocycles. The minimum atomic E-state index is -0.807. The van der Waals surface area contributed by atoms with Gasteiger partial charge in [-0.25, -0.2) is 4.79 Å². The molecule has 0 bridgehead atoms. The molecule has 2 rings (SSSR count). The summed E-state index contributed by atoms with van der Waals surface area (Å²) in [7, 11) is 0. The number of nitrogens with zero attached hydrogens (tertiary/aromatic N) is 1. The third kappa shape index (κ3) is 3.54. The van der Waals surface area contributed by atoms with E-state index in [1.54, 1.807) is 13.8 Å². The average molecular weight is 310 g/mol. The van der Waals surface area contributed by atoms with Crippen molar-refractivity contribution in [3.63, 3.8) is 0 Å². The number of urea groups is 1. The van der Waals surface area contributed by atoms with Crippen molar-refractivity contribution in [1.82, 2.24) is 15.5 Å². The monoisotopic (exact) mass is 309 g/mol. The van der Waals surface area contributed by atoms with Crippen molar-refractivity contribution in [1.29, 1.82) is 0 Å². The zero-order chi connectivity index (χ0) is 15.6. The highest BCUT2D eigenvalue weighted by atomic mass is 35.5. The van der Waals surface area contributed by atoms with Crippen molar-refractivity contribution in [3.05, 3.63) is 34.9 Å². The lowest BCUT2D eigenvalue weighted by Gasteiger charge is -2.18. The number of rotatable bonds is 5. The van der Waals surface area contributed by atoms with Crippen molar-refractivity contribution in [2.24, 2.45) is 0 Å². The smallest absolute Gasteiger partial charge is 0.324 e. The molecule has 1 saturated heterocycles. The number of hydrogen-bond donors (Lipinski definition) is 2. The van der Waals surface area contributed by atoms with E-state index in [4.69, 9.17) is 11.6 Å². The Hall–Kier alpha value is -1.59. The molecule has 5 nitrogen and oxygen atoms in total. The van der Waals surface area contributed by atoms with Crippen LogP contribution in [0.2, 0.25) is 5.02 Å². The van der Waals surface area contributed by atoms with Crippen LogP contribution in [0.3, 0.4) is 0 Å². The van der Waals surface area contributed by atoms with Gasteiger partial charge in [0.15, 0.2) is 0 Å². The van der Waals surface area contributed by atoms with Gasteiger partial charge in [0.25, 0.3) is 5.91 Å². The van der Waals surface area contributed by atoms with Gasteiger partial charge < -0.3 is 10.6 Å². The molecule has 0 aliphatic carbocycles. The van der Waals surface area contributed by atoms with E-state index in [1.165, 1.54) is 4.90 Å². The molecule has 1 atom stereocenters. The number of amides is 3. The molecule has 1 aromatic rings. The van der Waals surface area contributed by atoms with Crippen LogP contribution in [0.15, 0.2) is 24.3 Å². The molecule has 0 radical (unpaired) electrons. The molecule has 1 unspecified atom stereocenters. The first kappa shape index (κ1) is 15.8. The Morgan fingerprint density at radius 1 is 1.29 bits per heavy atom. The molecule has 1 fully saturated rings. The van der Waals surface area contributed by atoms with E-state index in [9.17, 15) is 9.59 Å². The molecule has 0 spiro atoms. The lowest BCUT2D eigenvalue weighted by Crippen LogP contribution is -2.41. The SMILES string of the molecule is CC(NCCN1C(=O)NC(C)(C)C1=O)c1ccc(Cl)cc1. The highest BCUT2D eigenvalue weighted by molar-refractivity contribution is 6.30. The van der Waals surface area contributed by atoms with Gasteiger partial charge in [0, 0.05) is 24.2 Å². The Kier molecular flexibility index (Phi) is 4.54. The number of benzene rings is 1. The minimum Gasteiger partial charge on any atom is -0.324 e. The van der Waals surface area contributed by atoms with E-state index in [-0.39, 0.29) is 18.0 Å². The van der Waals surface area contributed by atoms with Gasteiger partial charge in [-0.05, 0) is 38.5 Å². The molecule has 6 heteroatoms. The Morgan fingerprint density at radius 3 is 2.43 bits per heavy atom. The predicted molar refractivity (Wildman–Crippen MR) is 82.2 cm³/mol. The molecular formula is C15H20ClN3O2. The largest absolute Gasteiger partial charge is 0.325 e. The maximum atomic E-state index is 12.0. The summed E-state index contributed by atoms with van der Waals surface area (Å²) < 4.78 is 0. The highest BCUT2D eigenvalue weighted by Crippen LogP contribution is 2.17. The third-order valence-corrected chi connectivity index (χ3v) is 3.85. The Morgan fingerprint density at radius 2 is 1.90 bits per heavy atom. The number of carbonyl (C=O) groups is 2. The van der Waals surface area contributed by atoms with Gasteiger partial charge in [-0.1, -0.05) is 23.7 Å². The molecule has 114 valence electrons. The summed E-state index contributed by atoms with van der Waals surface area (Å²) in [6.07, 6.45) is 0. The van der Waals surface area contributed by atoms with Crippen LogP contribution in [0.4, 0.5) is 4.79 Å². The maximum Gasteiger partial charge on any atom is 0.325 e. The van der Waals surface area contributed by atoms with E-state index in [1.807, 2.05) is 31.2 Å². The number of halogens is 1. The van der Waals surface area contributed by atoms with E-state index in [2.05, 4.69) is 10.6 Å². The second kappa shape index (κ2) is 6.03. The summed E-state index contributed by atoms with van der Waals surface area (Å²) in [5, 5.41) is 6.66. The van der Waals surface area contributed by atoms with Crippen molar-refractivity contribution >= 4 is 23.5 Å². The van der Waals surface area contributed by atoms with Crippen LogP contribution in [0.25, 0.3) is 0 Å². The summed E-state index contributed by atoms with van der Waals surface area (Å²) in [5.74, 6) is -0.187. The van der Waals surface area contributed by atoms with E-state index < -0.39 is 5.54 Å². The fourth-order valence-electron chi connectivity index (χ4n) is 2.28. The molecule has 0 saturated carbocycles. The van der Waals surface area contributed by atoms with Crippen molar-refractivity contribution < 1.29 is 9.59 Å². The molecule has 1 aliphatic heterocycles. The lowest BCUT2D eigenvalue weighted by molar-refractivity contribution is -0.130. The van der Waals surface area contributed by atoms with Crippen LogP contribution in [0.1, 0.15) is 32.4 Å². The normalized spacial score (nSPS) is 18.8. The predicted octanol–water partition coefficient (Wildman–Crippen LogP) is 2.32. The molecule has 2 N–H and O–H groups in total. The van der Waals surface area contributed by atoms with Gasteiger partial charge >= 0.3 is 6.03 Å². The number of imide groups is 1. The molecule has 21 heavy (non-hydrogen) atoms. The first-order valence-corrected chi connectivity index (χ1v) is 7.32. The highest BCUT2D eigenvalue weighted by Gasteiger charge is 2.43.